The van der Waals surface area contributed by atoms with E-state index in [1.165, 1.54) is 6.26 Å². The van der Waals surface area contributed by atoms with E-state index in [-0.39, 0.29) is 51.4 Å². The van der Waals surface area contributed by atoms with Gasteiger partial charge in [-0.05, 0) is 0 Å². The van der Waals surface area contributed by atoms with Crippen molar-refractivity contribution in [3.05, 3.63) is 0 Å². The van der Waals surface area contributed by atoms with Crippen LogP contribution in [0.25, 0.3) is 0 Å². The van der Waals surface area contributed by atoms with Crippen LogP contribution < -0.4 is 51.4 Å². The number of rotatable bonds is 0. The Bertz CT molecular complexity index is 41.4. The van der Waals surface area contributed by atoms with Gasteiger partial charge in [0.2, 0.25) is 0 Å². The SMILES string of the molecule is N#CO[S-].[K+]. The molecule has 0 spiro atoms. The number of nitrogens with zero attached hydrogens (tertiary/aromatic N) is 1. The summed E-state index contributed by atoms with van der Waals surface area (Å²) in [5, 5.41) is 7.30. The second kappa shape index (κ2) is 8.99. The molecule has 0 amide bonds. The van der Waals surface area contributed by atoms with Gasteiger partial charge in [0.15, 0.2) is 0 Å². The minimum Gasteiger partial charge on any atom is -0.576 e. The molecule has 5 heavy (non-hydrogen) atoms. The van der Waals surface area contributed by atoms with E-state index in [2.05, 4.69) is 17.1 Å². The zero-order chi connectivity index (χ0) is 3.41. The summed E-state index contributed by atoms with van der Waals surface area (Å²) in [5.41, 5.74) is 0. The first kappa shape index (κ1) is 9.55. The van der Waals surface area contributed by atoms with Gasteiger partial charge in [-0.25, -0.2) is 0 Å². The zero-order valence-corrected chi connectivity index (χ0v) is 6.70. The van der Waals surface area contributed by atoms with Crippen molar-refractivity contribution in [2.45, 2.75) is 0 Å². The van der Waals surface area contributed by atoms with Gasteiger partial charge in [-0.3, -0.25) is 0 Å². The van der Waals surface area contributed by atoms with Gasteiger partial charge in [-0.2, -0.15) is 5.26 Å². The van der Waals surface area contributed by atoms with Gasteiger partial charge >= 0.3 is 51.4 Å². The minimum atomic E-state index is 0. The number of hydrogen-bond donors (Lipinski definition) is 0. The maximum Gasteiger partial charge on any atom is 1.00 e. The molecule has 4 heteroatoms. The maximum absolute atomic E-state index is 7.30. The summed E-state index contributed by atoms with van der Waals surface area (Å²) in [6, 6.07) is 0. The largest absolute Gasteiger partial charge is 1.00 e. The normalized spacial score (nSPS) is 3.20. The molecule has 0 aliphatic rings. The van der Waals surface area contributed by atoms with Crippen LogP contribution in [0.3, 0.4) is 0 Å². The summed E-state index contributed by atoms with van der Waals surface area (Å²) in [7, 11) is 0. The van der Waals surface area contributed by atoms with Crippen LogP contribution in [-0.2, 0) is 17.1 Å². The van der Waals surface area contributed by atoms with Crippen molar-refractivity contribution >= 4 is 12.9 Å². The first-order valence-corrected chi connectivity index (χ1v) is 0.928. The molecule has 0 aromatic rings. The van der Waals surface area contributed by atoms with E-state index in [9.17, 15) is 0 Å². The fourth-order valence-electron chi connectivity index (χ4n) is 0. The third kappa shape index (κ3) is 10.9. The summed E-state index contributed by atoms with van der Waals surface area (Å²) in [4.78, 5) is 0. The summed E-state index contributed by atoms with van der Waals surface area (Å²) in [6.45, 7) is 0. The molecule has 0 N–H and O–H groups in total. The number of nitriles is 1. The molecule has 0 aromatic carbocycles. The van der Waals surface area contributed by atoms with Crippen molar-refractivity contribution in [2.75, 3.05) is 0 Å². The molecule has 0 aromatic heterocycles. The van der Waals surface area contributed by atoms with Crippen LogP contribution in [0.2, 0.25) is 0 Å². The topological polar surface area (TPSA) is 33.0 Å². The Morgan fingerprint density at radius 1 is 1.80 bits per heavy atom. The summed E-state index contributed by atoms with van der Waals surface area (Å²) in [5.74, 6) is 0. The fraction of sp³-hybridized carbons (Fsp3) is 0. The molecule has 0 saturated heterocycles. The molecule has 0 fully saturated rings. The Balaban J connectivity index is 0. The molecular weight excluding hydrogens is 113 g/mol. The molecule has 0 radical (unpaired) electrons. The predicted octanol–water partition coefficient (Wildman–Crippen LogP) is -3.05. The van der Waals surface area contributed by atoms with Crippen LogP contribution in [0.5, 0.6) is 0 Å². The first-order chi connectivity index (χ1) is 1.91. The van der Waals surface area contributed by atoms with Crippen molar-refractivity contribution in [3.63, 3.8) is 0 Å². The van der Waals surface area contributed by atoms with E-state index >= 15 is 0 Å². The Hall–Kier alpha value is 1.28. The Morgan fingerprint density at radius 3 is 2.00 bits per heavy atom. The second-order valence-corrected chi connectivity index (χ2v) is 0.341. The molecule has 0 atom stereocenters. The van der Waals surface area contributed by atoms with Crippen molar-refractivity contribution in [3.8, 4) is 6.26 Å². The van der Waals surface area contributed by atoms with Crippen molar-refractivity contribution in [2.24, 2.45) is 0 Å². The minimum absolute atomic E-state index is 0. The molecule has 0 aliphatic carbocycles. The first-order valence-electron chi connectivity index (χ1n) is 0.594. The van der Waals surface area contributed by atoms with Gasteiger partial charge < -0.3 is 17.1 Å². The summed E-state index contributed by atoms with van der Waals surface area (Å²) in [6.07, 6.45) is 1.25. The van der Waals surface area contributed by atoms with Crippen molar-refractivity contribution in [1.29, 1.82) is 5.26 Å². The van der Waals surface area contributed by atoms with Crippen LogP contribution in [0, 0.1) is 11.5 Å². The van der Waals surface area contributed by atoms with Gasteiger partial charge in [0.25, 0.3) is 6.26 Å². The molecule has 0 saturated carbocycles. The van der Waals surface area contributed by atoms with Crippen LogP contribution in [0.1, 0.15) is 0 Å². The van der Waals surface area contributed by atoms with E-state index in [1.807, 2.05) is 0 Å². The molecule has 0 aliphatic heterocycles. The van der Waals surface area contributed by atoms with Crippen molar-refractivity contribution < 1.29 is 55.6 Å². The molecule has 2 nitrogen and oxygen atoms in total. The maximum atomic E-state index is 7.30. The predicted molar refractivity (Wildman–Crippen MR) is 14.1 cm³/mol. The van der Waals surface area contributed by atoms with Gasteiger partial charge in [0.05, 0.1) is 0 Å². The average molecular weight is 113 g/mol. The van der Waals surface area contributed by atoms with Crippen molar-refractivity contribution in [1.82, 2.24) is 0 Å². The monoisotopic (exact) mass is 113 g/mol. The third-order valence-corrected chi connectivity index (χ3v) is 0.112. The Kier molecular flexibility index (Phi) is 17.2. The van der Waals surface area contributed by atoms with Crippen LogP contribution >= 0.6 is 0 Å². The van der Waals surface area contributed by atoms with E-state index < -0.39 is 0 Å². The standard InChI is InChI=1S/CHNOS.K/c2-1-3-4;/h4H;/q;+1/p-1. The van der Waals surface area contributed by atoms with Crippen LogP contribution in [-0.4, -0.2) is 0 Å². The molecule has 0 bridgehead atoms. The average Bonchev–Trinajstić information content (AvgIpc) is 1.37. The van der Waals surface area contributed by atoms with Gasteiger partial charge in [-0.1, -0.05) is 0 Å². The third-order valence-electron chi connectivity index (χ3n) is 0.0373. The zero-order valence-electron chi connectivity index (χ0n) is 2.76. The Labute approximate surface area is 78.5 Å². The van der Waals surface area contributed by atoms with E-state index in [0.717, 1.165) is 0 Å². The fourth-order valence-corrected chi connectivity index (χ4v) is 0. The summed E-state index contributed by atoms with van der Waals surface area (Å²) >= 11 is 3.69. The quantitative estimate of drug-likeness (QED) is 0.190. The van der Waals surface area contributed by atoms with Gasteiger partial charge in [0, 0.05) is 0 Å². The van der Waals surface area contributed by atoms with Gasteiger partial charge in [-0.15, -0.1) is 0 Å². The Morgan fingerprint density at radius 2 is 2.00 bits per heavy atom. The number of hydrogen-bond acceptors (Lipinski definition) is 3. The van der Waals surface area contributed by atoms with Gasteiger partial charge in [0.1, 0.15) is 0 Å². The molecule has 0 unspecified atom stereocenters. The second-order valence-electron chi connectivity index (χ2n) is 0.175. The molecule has 22 valence electrons. The molecule has 0 rings (SSSR count). The summed E-state index contributed by atoms with van der Waals surface area (Å²) < 4.78 is 3.43. The van der Waals surface area contributed by atoms with E-state index in [1.54, 1.807) is 0 Å². The smallest absolute Gasteiger partial charge is 0.576 e. The van der Waals surface area contributed by atoms with Crippen LogP contribution in [0.15, 0.2) is 0 Å². The molecule has 0 heterocycles. The van der Waals surface area contributed by atoms with E-state index in [4.69, 9.17) is 5.26 Å². The van der Waals surface area contributed by atoms with Crippen LogP contribution in [0.4, 0.5) is 0 Å². The van der Waals surface area contributed by atoms with E-state index in [0.29, 0.717) is 0 Å². The molecular formula is CKNOS.